The standard InChI is InChI=1S/C20H21N3O6/c21-18(26)12-5-7-13(8-6-12)22-16(24)11-29-17(25)9-10-23-19(27)14-3-1-2-4-15(14)20(23)28/h1-2,5-8,14-15H,3-4,9-11H2,(H2,21,26)(H,22,24)/t14-,15+. The number of carbonyl (C=O) groups is 5. The number of imide groups is 1. The van der Waals surface area contributed by atoms with Gasteiger partial charge in [0, 0.05) is 17.8 Å². The number of ether oxygens (including phenoxy) is 1. The highest BCUT2D eigenvalue weighted by Gasteiger charge is 2.46. The first-order valence-electron chi connectivity index (χ1n) is 9.22. The minimum atomic E-state index is -0.683. The second-order valence-electron chi connectivity index (χ2n) is 6.88. The van der Waals surface area contributed by atoms with Gasteiger partial charge in [0.15, 0.2) is 6.61 Å². The predicted octanol–water partition coefficient (Wildman–Crippen LogP) is 0.608. The molecule has 1 aromatic carbocycles. The Morgan fingerprint density at radius 2 is 1.62 bits per heavy atom. The van der Waals surface area contributed by atoms with Crippen molar-refractivity contribution in [1.82, 2.24) is 4.90 Å². The summed E-state index contributed by atoms with van der Waals surface area (Å²) >= 11 is 0. The monoisotopic (exact) mass is 399 g/mol. The van der Waals surface area contributed by atoms with Crippen LogP contribution in [0.5, 0.6) is 0 Å². The first kappa shape index (κ1) is 20.2. The normalized spacial score (nSPS) is 20.3. The summed E-state index contributed by atoms with van der Waals surface area (Å²) in [5.41, 5.74) is 5.86. The number of esters is 1. The lowest BCUT2D eigenvalue weighted by Crippen LogP contribution is -2.33. The molecule has 1 saturated heterocycles. The lowest BCUT2D eigenvalue weighted by molar-refractivity contribution is -0.148. The minimum Gasteiger partial charge on any atom is -0.456 e. The molecular weight excluding hydrogens is 378 g/mol. The van der Waals surface area contributed by atoms with Crippen molar-refractivity contribution in [3.05, 3.63) is 42.0 Å². The van der Waals surface area contributed by atoms with Gasteiger partial charge in [0.05, 0.1) is 18.3 Å². The van der Waals surface area contributed by atoms with Gasteiger partial charge in [-0.25, -0.2) is 0 Å². The number of nitrogens with two attached hydrogens (primary N) is 1. The lowest BCUT2D eigenvalue weighted by Gasteiger charge is -2.14. The summed E-state index contributed by atoms with van der Waals surface area (Å²) in [6.07, 6.45) is 4.69. The molecule has 4 amide bonds. The summed E-state index contributed by atoms with van der Waals surface area (Å²) in [7, 11) is 0. The Hall–Kier alpha value is -3.49. The van der Waals surface area contributed by atoms with Gasteiger partial charge in [0.25, 0.3) is 5.91 Å². The Morgan fingerprint density at radius 1 is 1.03 bits per heavy atom. The van der Waals surface area contributed by atoms with Crippen molar-refractivity contribution in [2.75, 3.05) is 18.5 Å². The molecule has 3 N–H and O–H groups in total. The van der Waals surface area contributed by atoms with Gasteiger partial charge in [0.2, 0.25) is 17.7 Å². The molecule has 3 rings (SSSR count). The molecule has 1 heterocycles. The van der Waals surface area contributed by atoms with Gasteiger partial charge in [-0.1, -0.05) is 12.2 Å². The van der Waals surface area contributed by atoms with Gasteiger partial charge in [-0.2, -0.15) is 0 Å². The van der Waals surface area contributed by atoms with Crippen LogP contribution in [0.1, 0.15) is 29.6 Å². The Balaban J connectivity index is 1.42. The van der Waals surface area contributed by atoms with E-state index < -0.39 is 24.4 Å². The predicted molar refractivity (Wildman–Crippen MR) is 101 cm³/mol. The summed E-state index contributed by atoms with van der Waals surface area (Å²) in [5.74, 6) is -3.01. The molecule has 1 aliphatic carbocycles. The zero-order valence-corrected chi connectivity index (χ0v) is 15.6. The number of likely N-dealkylation sites (tertiary alicyclic amines) is 1. The number of nitrogens with zero attached hydrogens (tertiary/aromatic N) is 1. The van der Waals surface area contributed by atoms with E-state index in [-0.39, 0.29) is 36.6 Å². The van der Waals surface area contributed by atoms with Gasteiger partial charge in [-0.3, -0.25) is 28.9 Å². The van der Waals surface area contributed by atoms with Crippen molar-refractivity contribution < 1.29 is 28.7 Å². The van der Waals surface area contributed by atoms with Gasteiger partial charge < -0.3 is 15.8 Å². The van der Waals surface area contributed by atoms with Crippen molar-refractivity contribution in [1.29, 1.82) is 0 Å². The SMILES string of the molecule is NC(=O)c1ccc(NC(=O)COC(=O)CCN2C(=O)[C@H]3CC=CC[C@H]3C2=O)cc1. The fourth-order valence-corrected chi connectivity index (χ4v) is 3.43. The minimum absolute atomic E-state index is 0.0559. The van der Waals surface area contributed by atoms with Crippen LogP contribution in [0.15, 0.2) is 36.4 Å². The van der Waals surface area contributed by atoms with Crippen LogP contribution in [0.25, 0.3) is 0 Å². The van der Waals surface area contributed by atoms with Gasteiger partial charge in [-0.05, 0) is 37.1 Å². The van der Waals surface area contributed by atoms with E-state index in [4.69, 9.17) is 10.5 Å². The molecule has 0 radical (unpaired) electrons. The first-order chi connectivity index (χ1) is 13.9. The van der Waals surface area contributed by atoms with Crippen LogP contribution in [-0.2, 0) is 23.9 Å². The molecule has 0 aromatic heterocycles. The van der Waals surface area contributed by atoms with Crippen molar-refractivity contribution in [2.45, 2.75) is 19.3 Å². The number of primary amides is 1. The second-order valence-corrected chi connectivity index (χ2v) is 6.88. The van der Waals surface area contributed by atoms with Crippen LogP contribution >= 0.6 is 0 Å². The number of amides is 4. The van der Waals surface area contributed by atoms with Crippen LogP contribution in [0.4, 0.5) is 5.69 Å². The fraction of sp³-hybridized carbons (Fsp3) is 0.350. The Kier molecular flexibility index (Phi) is 6.06. The summed E-state index contributed by atoms with van der Waals surface area (Å²) < 4.78 is 4.90. The van der Waals surface area contributed by atoms with E-state index in [0.29, 0.717) is 24.1 Å². The molecule has 9 heteroatoms. The van der Waals surface area contributed by atoms with Crippen molar-refractivity contribution in [3.63, 3.8) is 0 Å². The third kappa shape index (κ3) is 4.68. The molecule has 0 spiro atoms. The molecule has 0 saturated carbocycles. The number of fused-ring (bicyclic) bond motifs is 1. The van der Waals surface area contributed by atoms with E-state index in [9.17, 15) is 24.0 Å². The Morgan fingerprint density at radius 3 is 2.17 bits per heavy atom. The third-order valence-electron chi connectivity index (χ3n) is 4.96. The van der Waals surface area contributed by atoms with Crippen molar-refractivity contribution in [2.24, 2.45) is 17.6 Å². The maximum Gasteiger partial charge on any atom is 0.308 e. The average molecular weight is 399 g/mol. The maximum absolute atomic E-state index is 12.3. The number of hydrogen-bond acceptors (Lipinski definition) is 6. The highest BCUT2D eigenvalue weighted by molar-refractivity contribution is 6.05. The quantitative estimate of drug-likeness (QED) is 0.392. The van der Waals surface area contributed by atoms with E-state index in [2.05, 4.69) is 5.32 Å². The molecule has 29 heavy (non-hydrogen) atoms. The zero-order chi connectivity index (χ0) is 21.0. The van der Waals surface area contributed by atoms with Crippen molar-refractivity contribution in [3.8, 4) is 0 Å². The highest BCUT2D eigenvalue weighted by Crippen LogP contribution is 2.34. The Labute approximate surface area is 166 Å². The molecule has 1 aliphatic heterocycles. The molecule has 0 bridgehead atoms. The maximum atomic E-state index is 12.3. The van der Waals surface area contributed by atoms with E-state index >= 15 is 0 Å². The Bertz CT molecular complexity index is 851. The molecular formula is C20H21N3O6. The average Bonchev–Trinajstić information content (AvgIpc) is 2.95. The molecule has 0 unspecified atom stereocenters. The number of rotatable bonds is 7. The fourth-order valence-electron chi connectivity index (χ4n) is 3.43. The molecule has 152 valence electrons. The number of nitrogens with one attached hydrogen (secondary N) is 1. The molecule has 9 nitrogen and oxygen atoms in total. The van der Waals surface area contributed by atoms with Crippen LogP contribution in [-0.4, -0.2) is 47.6 Å². The van der Waals surface area contributed by atoms with Gasteiger partial charge in [-0.15, -0.1) is 0 Å². The number of anilines is 1. The number of carbonyl (C=O) groups excluding carboxylic acids is 5. The second kappa shape index (κ2) is 8.68. The van der Waals surface area contributed by atoms with Crippen LogP contribution in [0, 0.1) is 11.8 Å². The molecule has 2 aliphatic rings. The van der Waals surface area contributed by atoms with Crippen LogP contribution in [0.2, 0.25) is 0 Å². The first-order valence-corrected chi connectivity index (χ1v) is 9.22. The van der Waals surface area contributed by atoms with Crippen molar-refractivity contribution >= 4 is 35.3 Å². The number of benzene rings is 1. The van der Waals surface area contributed by atoms with Gasteiger partial charge >= 0.3 is 5.97 Å². The molecule has 1 aromatic rings. The zero-order valence-electron chi connectivity index (χ0n) is 15.6. The third-order valence-corrected chi connectivity index (χ3v) is 4.96. The smallest absolute Gasteiger partial charge is 0.308 e. The van der Waals surface area contributed by atoms with E-state index in [1.165, 1.54) is 24.3 Å². The topological polar surface area (TPSA) is 136 Å². The summed E-state index contributed by atoms with van der Waals surface area (Å²) in [6.45, 7) is -0.562. The van der Waals surface area contributed by atoms with E-state index in [1.807, 2.05) is 12.2 Å². The lowest BCUT2D eigenvalue weighted by atomic mass is 9.85. The number of allylic oxidation sites excluding steroid dienone is 2. The summed E-state index contributed by atoms with van der Waals surface area (Å²) in [5, 5.41) is 2.51. The molecule has 2 atom stereocenters. The van der Waals surface area contributed by atoms with Crippen LogP contribution in [0.3, 0.4) is 0 Å². The number of hydrogen-bond donors (Lipinski definition) is 2. The van der Waals surface area contributed by atoms with Gasteiger partial charge in [0.1, 0.15) is 0 Å². The van der Waals surface area contributed by atoms with Crippen LogP contribution < -0.4 is 11.1 Å². The van der Waals surface area contributed by atoms with E-state index in [0.717, 1.165) is 4.90 Å². The van der Waals surface area contributed by atoms with E-state index in [1.54, 1.807) is 0 Å². The highest BCUT2D eigenvalue weighted by atomic mass is 16.5. The molecule has 1 fully saturated rings. The largest absolute Gasteiger partial charge is 0.456 e. The summed E-state index contributed by atoms with van der Waals surface area (Å²) in [6, 6.07) is 5.92. The summed E-state index contributed by atoms with van der Waals surface area (Å²) in [4.78, 5) is 60.5.